The Balaban J connectivity index is 2.91. The third kappa shape index (κ3) is 2.75. The van der Waals surface area contributed by atoms with Crippen LogP contribution >= 0.6 is 11.8 Å². The van der Waals surface area contributed by atoms with Crippen molar-refractivity contribution in [3.63, 3.8) is 0 Å². The Hall–Kier alpha value is -2.75. The number of allylic oxidation sites excluding steroid dienone is 1. The lowest BCUT2D eigenvalue weighted by Crippen LogP contribution is -2.53. The second-order valence-corrected chi connectivity index (χ2v) is 6.59. The second kappa shape index (κ2) is 7.24. The number of carbonyl (C=O) groups excluding carboxylic acids is 4. The zero-order chi connectivity index (χ0) is 19.6. The molecule has 0 radical (unpaired) electrons. The number of rotatable bonds is 4. The van der Waals surface area contributed by atoms with Gasteiger partial charge in [-0.05, 0) is 6.92 Å². The SMILES string of the molecule is COC(=O)C1=CN2C=C(C)SC2(C(=O)OC)C(C(=O)OC)=C1C(=O)OC. The number of carbonyl (C=O) groups is 4. The van der Waals surface area contributed by atoms with E-state index in [1.807, 2.05) is 0 Å². The van der Waals surface area contributed by atoms with Crippen molar-refractivity contribution in [3.05, 3.63) is 34.0 Å². The van der Waals surface area contributed by atoms with E-state index in [1.54, 1.807) is 13.1 Å². The highest BCUT2D eigenvalue weighted by Gasteiger charge is 2.59. The van der Waals surface area contributed by atoms with Crippen LogP contribution in [0.3, 0.4) is 0 Å². The molecule has 2 aliphatic rings. The van der Waals surface area contributed by atoms with E-state index in [-0.39, 0.29) is 11.1 Å². The van der Waals surface area contributed by atoms with Gasteiger partial charge in [-0.2, -0.15) is 0 Å². The van der Waals surface area contributed by atoms with E-state index in [2.05, 4.69) is 0 Å². The molecule has 0 aromatic carbocycles. The highest BCUT2D eigenvalue weighted by atomic mass is 32.2. The minimum absolute atomic E-state index is 0.245. The van der Waals surface area contributed by atoms with Crippen LogP contribution in [0.15, 0.2) is 34.0 Å². The van der Waals surface area contributed by atoms with Crippen LogP contribution < -0.4 is 0 Å². The number of ether oxygens (including phenoxy) is 4. The van der Waals surface area contributed by atoms with Gasteiger partial charge in [0, 0.05) is 17.3 Å². The molecule has 0 N–H and O–H groups in total. The molecule has 2 aliphatic heterocycles. The number of methoxy groups -OCH3 is 4. The van der Waals surface area contributed by atoms with E-state index < -0.39 is 34.3 Å². The molecule has 0 aliphatic carbocycles. The molecule has 0 fully saturated rings. The Morgan fingerprint density at radius 1 is 0.885 bits per heavy atom. The summed E-state index contributed by atoms with van der Waals surface area (Å²) < 4.78 is 19.1. The quantitative estimate of drug-likeness (QED) is 0.502. The summed E-state index contributed by atoms with van der Waals surface area (Å²) in [4.78, 5) is 50.1. The van der Waals surface area contributed by atoms with Crippen molar-refractivity contribution in [2.24, 2.45) is 0 Å². The highest BCUT2D eigenvalue weighted by molar-refractivity contribution is 8.05. The van der Waals surface area contributed by atoms with E-state index >= 15 is 0 Å². The molecule has 0 aromatic heterocycles. The molecular weight excluding hydrogens is 366 g/mol. The molecule has 0 amide bonds. The molecule has 2 rings (SSSR count). The van der Waals surface area contributed by atoms with E-state index in [1.165, 1.54) is 11.1 Å². The first-order valence-corrected chi connectivity index (χ1v) is 8.06. The molecule has 0 aromatic rings. The average Bonchev–Trinajstić information content (AvgIpc) is 3.00. The van der Waals surface area contributed by atoms with E-state index in [0.717, 1.165) is 40.2 Å². The molecule has 10 heteroatoms. The molecular formula is C16H17NO8S. The molecule has 0 saturated carbocycles. The van der Waals surface area contributed by atoms with E-state index in [9.17, 15) is 19.2 Å². The zero-order valence-electron chi connectivity index (χ0n) is 14.8. The summed E-state index contributed by atoms with van der Waals surface area (Å²) in [6.45, 7) is 1.70. The van der Waals surface area contributed by atoms with Crippen LogP contribution in [0.4, 0.5) is 0 Å². The third-order valence-corrected chi connectivity index (χ3v) is 5.07. The molecule has 9 nitrogen and oxygen atoms in total. The normalized spacial score (nSPS) is 21.3. The second-order valence-electron chi connectivity index (χ2n) is 5.15. The maximum Gasteiger partial charge on any atom is 0.348 e. The summed E-state index contributed by atoms with van der Waals surface area (Å²) in [6.07, 6.45) is 2.78. The topological polar surface area (TPSA) is 108 Å². The fourth-order valence-electron chi connectivity index (χ4n) is 2.72. The first-order chi connectivity index (χ1) is 12.3. The first kappa shape index (κ1) is 19.6. The Labute approximate surface area is 153 Å². The Kier molecular flexibility index (Phi) is 5.45. The van der Waals surface area contributed by atoms with E-state index in [0.29, 0.717) is 4.91 Å². The molecule has 140 valence electrons. The number of thioether (sulfide) groups is 1. The number of fused-ring (bicyclic) bond motifs is 1. The first-order valence-electron chi connectivity index (χ1n) is 7.24. The molecule has 1 atom stereocenters. The number of nitrogens with zero attached hydrogens (tertiary/aromatic N) is 1. The van der Waals surface area contributed by atoms with Crippen molar-refractivity contribution < 1.29 is 38.1 Å². The minimum Gasteiger partial charge on any atom is -0.466 e. The van der Waals surface area contributed by atoms with Gasteiger partial charge in [-0.15, -0.1) is 0 Å². The molecule has 0 saturated heterocycles. The van der Waals surface area contributed by atoms with Crippen molar-refractivity contribution in [2.75, 3.05) is 28.4 Å². The van der Waals surface area contributed by atoms with Gasteiger partial charge in [-0.3, -0.25) is 0 Å². The molecule has 26 heavy (non-hydrogen) atoms. The zero-order valence-corrected chi connectivity index (χ0v) is 15.6. The lowest BCUT2D eigenvalue weighted by molar-refractivity contribution is -0.149. The van der Waals surface area contributed by atoms with Gasteiger partial charge < -0.3 is 23.8 Å². The summed E-state index contributed by atoms with van der Waals surface area (Å²) in [5, 5.41) is 0. The van der Waals surface area contributed by atoms with Crippen LogP contribution in [-0.2, 0) is 38.1 Å². The summed E-state index contributed by atoms with van der Waals surface area (Å²) >= 11 is 0.984. The minimum atomic E-state index is -1.76. The number of esters is 4. The Bertz CT molecular complexity index is 781. The summed E-state index contributed by atoms with van der Waals surface area (Å²) in [7, 11) is 4.45. The van der Waals surface area contributed by atoms with E-state index in [4.69, 9.17) is 18.9 Å². The van der Waals surface area contributed by atoms with Crippen molar-refractivity contribution in [1.82, 2.24) is 4.90 Å². The van der Waals surface area contributed by atoms with Crippen molar-refractivity contribution in [3.8, 4) is 0 Å². The predicted octanol–water partition coefficient (Wildman–Crippen LogP) is 0.479. The van der Waals surface area contributed by atoms with Crippen molar-refractivity contribution in [2.45, 2.75) is 11.8 Å². The monoisotopic (exact) mass is 383 g/mol. The molecule has 2 heterocycles. The van der Waals surface area contributed by atoms with Crippen LogP contribution in [0.1, 0.15) is 6.92 Å². The third-order valence-electron chi connectivity index (χ3n) is 3.77. The molecule has 0 spiro atoms. The Morgan fingerprint density at radius 3 is 1.96 bits per heavy atom. The largest absolute Gasteiger partial charge is 0.466 e. The van der Waals surface area contributed by atoms with Gasteiger partial charge in [0.1, 0.15) is 5.57 Å². The predicted molar refractivity (Wildman–Crippen MR) is 89.1 cm³/mol. The van der Waals surface area contributed by atoms with Gasteiger partial charge in [0.2, 0.25) is 4.87 Å². The van der Waals surface area contributed by atoms with Crippen molar-refractivity contribution in [1.29, 1.82) is 0 Å². The van der Waals surface area contributed by atoms with Crippen LogP contribution in [0.25, 0.3) is 0 Å². The highest BCUT2D eigenvalue weighted by Crippen LogP contribution is 2.52. The Morgan fingerprint density at radius 2 is 1.46 bits per heavy atom. The number of hydrogen-bond donors (Lipinski definition) is 0. The summed E-state index contributed by atoms with van der Waals surface area (Å²) in [5.41, 5.74) is -1.03. The van der Waals surface area contributed by atoms with Crippen LogP contribution in [-0.4, -0.2) is 62.1 Å². The summed E-state index contributed by atoms with van der Waals surface area (Å²) in [5.74, 6) is -3.67. The lowest BCUT2D eigenvalue weighted by Gasteiger charge is -2.38. The van der Waals surface area contributed by atoms with Gasteiger partial charge in [-0.1, -0.05) is 11.8 Å². The molecule has 1 unspecified atom stereocenters. The van der Waals surface area contributed by atoms with Crippen molar-refractivity contribution >= 4 is 35.6 Å². The maximum absolute atomic E-state index is 12.7. The smallest absolute Gasteiger partial charge is 0.348 e. The standard InChI is InChI=1S/C16H17NO8S/c1-8-6-17-7-9(12(18)22-2)10(13(19)23-3)11(14(20)24-4)16(17,26-8)15(21)25-5/h6-7H,1-5H3. The van der Waals surface area contributed by atoms with Crippen LogP contribution in [0.2, 0.25) is 0 Å². The maximum atomic E-state index is 12.7. The van der Waals surface area contributed by atoms with Gasteiger partial charge in [-0.25, -0.2) is 19.2 Å². The molecule has 0 bridgehead atoms. The van der Waals surface area contributed by atoms with Crippen LogP contribution in [0.5, 0.6) is 0 Å². The van der Waals surface area contributed by atoms with Gasteiger partial charge in [0.05, 0.1) is 39.6 Å². The van der Waals surface area contributed by atoms with Crippen LogP contribution in [0, 0.1) is 0 Å². The fourth-order valence-corrected chi connectivity index (χ4v) is 4.02. The summed E-state index contributed by atoms with van der Waals surface area (Å²) in [6, 6.07) is 0. The number of hydrogen-bond acceptors (Lipinski definition) is 10. The fraction of sp³-hybridized carbons (Fsp3) is 0.375. The lowest BCUT2D eigenvalue weighted by atomic mass is 9.90. The van der Waals surface area contributed by atoms with Gasteiger partial charge in [0.25, 0.3) is 0 Å². The average molecular weight is 383 g/mol. The van der Waals surface area contributed by atoms with Gasteiger partial charge >= 0.3 is 23.9 Å². The van der Waals surface area contributed by atoms with Gasteiger partial charge in [0.15, 0.2) is 0 Å².